The first-order valence-electron chi connectivity index (χ1n) is 41.1. The van der Waals surface area contributed by atoms with Crippen molar-refractivity contribution < 1.29 is 202 Å². The summed E-state index contributed by atoms with van der Waals surface area (Å²) in [5.74, 6) is 0. The molecule has 119 heavy (non-hydrogen) atoms. The van der Waals surface area contributed by atoms with Crippen molar-refractivity contribution in [2.45, 2.75) is 260 Å². The van der Waals surface area contributed by atoms with E-state index in [1.165, 1.54) is 99.5 Å². The maximum Gasteiger partial charge on any atom is 0.187 e. The zero-order chi connectivity index (χ0) is 85.8. The van der Waals surface area contributed by atoms with E-state index in [1.54, 1.807) is 0 Å². The number of aliphatic hydroxyl groups is 7. The fraction of sp³-hybridized carbons (Fsp3) is 1.00. The molecule has 7 N–H and O–H groups in total. The molecule has 35 unspecified atom stereocenters. The van der Waals surface area contributed by atoms with Crippen LogP contribution in [0, 0.1) is 0 Å². The SMILES string of the molecule is COC1C2OC(COCCCO)C(OC3OC(COCCCO)C(OC4OC(COCCCO)C(OC5OC(COCCCO)C(OC6OC(COCCCO)C(OC7OC(COCCCO)C(OC8OC(COCCCO)C(O2)C(OC)C8OC)C(OC)C7OC)C(OC)C6OC)C(OC)C5OC)C(OC)C4OC)C(OC)C3OC)C1OC. The Morgan fingerprint density at radius 3 is 0.361 bits per heavy atom. The molecular formula is C77H140O42. The van der Waals surface area contributed by atoms with Gasteiger partial charge in [-0.2, -0.15) is 0 Å². The minimum Gasteiger partial charge on any atom is -0.396 e. The summed E-state index contributed by atoms with van der Waals surface area (Å²) >= 11 is 0. The largest absolute Gasteiger partial charge is 0.396 e. The highest BCUT2D eigenvalue weighted by atomic mass is 16.8. The number of rotatable bonds is 49. The van der Waals surface area contributed by atoms with Gasteiger partial charge in [0.15, 0.2) is 44.0 Å². The van der Waals surface area contributed by atoms with Crippen LogP contribution in [0.25, 0.3) is 0 Å². The Labute approximate surface area is 697 Å². The Kier molecular flexibility index (Phi) is 48.3. The molecule has 21 aliphatic heterocycles. The van der Waals surface area contributed by atoms with Crippen LogP contribution < -0.4 is 0 Å². The molecule has 35 atom stereocenters. The lowest BCUT2D eigenvalue weighted by Crippen LogP contribution is -2.69. The van der Waals surface area contributed by atoms with Gasteiger partial charge in [-0.05, 0) is 44.9 Å². The van der Waals surface area contributed by atoms with Gasteiger partial charge < -0.3 is 202 Å². The molecule has 0 spiro atoms. The normalized spacial score (nSPS) is 40.1. The van der Waals surface area contributed by atoms with Gasteiger partial charge in [0.05, 0.1) is 46.2 Å². The van der Waals surface area contributed by atoms with Gasteiger partial charge in [0.2, 0.25) is 0 Å². The molecule has 0 radical (unpaired) electrons. The summed E-state index contributed by atoms with van der Waals surface area (Å²) < 4.78 is 233. The van der Waals surface area contributed by atoms with Crippen LogP contribution in [0.3, 0.4) is 0 Å². The predicted molar refractivity (Wildman–Crippen MR) is 404 cm³/mol. The van der Waals surface area contributed by atoms with E-state index in [-0.39, 0.29) is 184 Å². The lowest BCUT2D eigenvalue weighted by atomic mass is 9.94. The van der Waals surface area contributed by atoms with Crippen LogP contribution in [0.1, 0.15) is 44.9 Å². The molecule has 0 amide bonds. The average molecular weight is 1740 g/mol. The summed E-state index contributed by atoms with van der Waals surface area (Å²) in [5, 5.41) is 69.9. The van der Waals surface area contributed by atoms with E-state index in [4.69, 9.17) is 166 Å². The van der Waals surface area contributed by atoms with Gasteiger partial charge >= 0.3 is 0 Å². The Hall–Kier alpha value is -1.68. The van der Waals surface area contributed by atoms with Crippen LogP contribution in [0.15, 0.2) is 0 Å². The number of methoxy groups -OCH3 is 14. The third-order valence-electron chi connectivity index (χ3n) is 22.1. The molecule has 42 heteroatoms. The first-order valence-corrected chi connectivity index (χ1v) is 41.1. The van der Waals surface area contributed by atoms with Crippen molar-refractivity contribution in [3.05, 3.63) is 0 Å². The Morgan fingerprint density at radius 1 is 0.160 bits per heavy atom. The van der Waals surface area contributed by atoms with Gasteiger partial charge in [-0.25, -0.2) is 0 Å². The molecule has 0 aliphatic carbocycles. The minimum atomic E-state index is -1.38. The van der Waals surface area contributed by atoms with Crippen LogP contribution in [0.4, 0.5) is 0 Å². The number of hydrogen-bond donors (Lipinski definition) is 7. The lowest BCUT2D eigenvalue weighted by Gasteiger charge is -2.52. The summed E-state index contributed by atoms with van der Waals surface area (Å²) in [6.07, 6.45) is -39.8. The van der Waals surface area contributed by atoms with Gasteiger partial charge in [0.1, 0.15) is 171 Å². The smallest absolute Gasteiger partial charge is 0.187 e. The van der Waals surface area contributed by atoms with Gasteiger partial charge in [0.25, 0.3) is 0 Å². The van der Waals surface area contributed by atoms with Crippen molar-refractivity contribution in [2.75, 3.05) is 238 Å². The maximum absolute atomic E-state index is 9.98. The van der Waals surface area contributed by atoms with Crippen LogP contribution >= 0.6 is 0 Å². The highest BCUT2D eigenvalue weighted by Gasteiger charge is 2.62. The van der Waals surface area contributed by atoms with Gasteiger partial charge in [-0.1, -0.05) is 0 Å². The van der Waals surface area contributed by atoms with Crippen LogP contribution in [0.2, 0.25) is 0 Å². The molecule has 21 fully saturated rings. The van der Waals surface area contributed by atoms with E-state index in [9.17, 15) is 35.7 Å². The van der Waals surface area contributed by atoms with Crippen molar-refractivity contribution in [2.24, 2.45) is 0 Å². The molecule has 21 heterocycles. The Balaban J connectivity index is 1.31. The van der Waals surface area contributed by atoms with E-state index in [0.717, 1.165) is 0 Å². The van der Waals surface area contributed by atoms with Gasteiger partial charge in [-0.3, -0.25) is 0 Å². The van der Waals surface area contributed by atoms with E-state index >= 15 is 0 Å². The predicted octanol–water partition coefficient (Wildman–Crippen LogP) is -3.23. The van der Waals surface area contributed by atoms with Crippen molar-refractivity contribution in [3.8, 4) is 0 Å². The van der Waals surface area contributed by atoms with Gasteiger partial charge in [0, 0.05) is 192 Å². The number of hydrogen-bond acceptors (Lipinski definition) is 42. The molecule has 21 aliphatic rings. The second kappa shape index (κ2) is 55.9. The molecule has 0 saturated carbocycles. The highest BCUT2D eigenvalue weighted by molar-refractivity contribution is 5.05. The van der Waals surface area contributed by atoms with E-state index < -0.39 is 215 Å². The monoisotopic (exact) mass is 1740 g/mol. The standard InChI is InChI=1S/C77H140O42/c1-85-57-50-43(36-99-29-15-22-78)106-71(64(57)92-8)114-51-44(37-100-30-16-23-79)108-73(66(94-10)58(51)86-2)116-53-46(39-102-32-18-25-81)110-75(68(96-12)60(53)88-4)118-55-48(41-104-34-20-27-83)112-77(70(98-14)62(55)90-6)119-56-49(42-105-35-21-28-84)111-76(69(97-13)63(56)91-7)117-54-47(40-103-33-19-26-82)109-74(67(95-11)61(54)89-5)115-52-45(38-101-31-17-24-80)107-72(113-50)65(93-9)59(52)87-3/h43-84H,15-42H2,1-14H3. The molecule has 21 saturated heterocycles. The first-order chi connectivity index (χ1) is 58.2. The quantitative estimate of drug-likeness (QED) is 0.0295. The summed E-state index contributed by atoms with van der Waals surface area (Å²) in [6.45, 7) is -2.01. The highest BCUT2D eigenvalue weighted by Crippen LogP contribution is 2.44. The second-order valence-corrected chi connectivity index (χ2v) is 29.4. The molecule has 0 aromatic carbocycles. The van der Waals surface area contributed by atoms with E-state index in [2.05, 4.69) is 0 Å². The molecule has 0 aromatic heterocycles. The molecular weight excluding hydrogens is 1600 g/mol. The lowest BCUT2D eigenvalue weighted by molar-refractivity contribution is -0.403. The third kappa shape index (κ3) is 27.2. The topological polar surface area (TPSA) is 465 Å². The second-order valence-electron chi connectivity index (χ2n) is 29.4. The van der Waals surface area contributed by atoms with Crippen molar-refractivity contribution in [1.82, 2.24) is 0 Å². The summed E-state index contributed by atoms with van der Waals surface area (Å²) in [5.41, 5.74) is 0. The molecule has 700 valence electrons. The summed E-state index contributed by atoms with van der Waals surface area (Å²) in [6, 6.07) is 0. The van der Waals surface area contributed by atoms with Crippen molar-refractivity contribution in [1.29, 1.82) is 0 Å². The fourth-order valence-electron chi connectivity index (χ4n) is 16.3. The average Bonchev–Trinajstić information content (AvgIpc) is 0.804. The van der Waals surface area contributed by atoms with Gasteiger partial charge in [-0.15, -0.1) is 0 Å². The molecule has 21 rings (SSSR count). The summed E-state index contributed by atoms with van der Waals surface area (Å²) in [4.78, 5) is 0. The molecule has 42 nitrogen and oxygen atoms in total. The number of ether oxygens (including phenoxy) is 35. The van der Waals surface area contributed by atoms with Crippen molar-refractivity contribution >= 4 is 0 Å². The molecule has 0 aromatic rings. The van der Waals surface area contributed by atoms with E-state index in [0.29, 0.717) is 0 Å². The third-order valence-corrected chi connectivity index (χ3v) is 22.1. The zero-order valence-electron chi connectivity index (χ0n) is 71.4. The minimum absolute atomic E-state index is 0.0872. The summed E-state index contributed by atoms with van der Waals surface area (Å²) in [7, 11) is 20.3. The maximum atomic E-state index is 9.98. The Bertz CT molecular complexity index is 2120. The van der Waals surface area contributed by atoms with Crippen molar-refractivity contribution in [3.63, 3.8) is 0 Å². The van der Waals surface area contributed by atoms with E-state index in [1.807, 2.05) is 0 Å². The number of aliphatic hydroxyl groups excluding tert-OH is 7. The Morgan fingerprint density at radius 2 is 0.269 bits per heavy atom. The first kappa shape index (κ1) is 103. The van der Waals surface area contributed by atoms with Crippen LogP contribution in [-0.4, -0.2) is 489 Å². The fourth-order valence-corrected chi connectivity index (χ4v) is 16.3. The van der Waals surface area contributed by atoms with Crippen LogP contribution in [0.5, 0.6) is 0 Å². The zero-order valence-corrected chi connectivity index (χ0v) is 71.4. The molecule has 14 bridgehead atoms. The van der Waals surface area contributed by atoms with Crippen LogP contribution in [-0.2, 0) is 166 Å².